The molecule has 37 heavy (non-hydrogen) atoms. The predicted octanol–water partition coefficient (Wildman–Crippen LogP) is 3.34. The summed E-state index contributed by atoms with van der Waals surface area (Å²) in [7, 11) is -2.22. The van der Waals surface area contributed by atoms with Crippen molar-refractivity contribution in [2.75, 3.05) is 30.8 Å². The Morgan fingerprint density at radius 1 is 1.03 bits per heavy atom. The molecule has 3 rings (SSSR count). The maximum Gasteiger partial charge on any atom is 0.244 e. The second kappa shape index (κ2) is 12.8. The predicted molar refractivity (Wildman–Crippen MR) is 143 cm³/mol. The van der Waals surface area contributed by atoms with Crippen molar-refractivity contribution in [1.29, 1.82) is 0 Å². The molecule has 0 spiro atoms. The minimum absolute atomic E-state index is 0.101. The molecule has 1 N–H and O–H groups in total. The summed E-state index contributed by atoms with van der Waals surface area (Å²) < 4.78 is 37.1. The van der Waals surface area contributed by atoms with Crippen LogP contribution in [0.3, 0.4) is 0 Å². The molecule has 10 heteroatoms. The molecule has 0 aromatic heterocycles. The minimum atomic E-state index is -3.79. The number of methoxy groups -OCH3 is 1. The van der Waals surface area contributed by atoms with Gasteiger partial charge in [-0.05, 0) is 68.7 Å². The van der Waals surface area contributed by atoms with Crippen molar-refractivity contribution in [2.24, 2.45) is 0 Å². The van der Waals surface area contributed by atoms with Crippen LogP contribution < -0.4 is 19.1 Å². The standard InChI is InChI=1S/C27H37N3O6S/c1-5-36-25-16-12-23(13-17-25)30(37(4,33)34)19-26(31)29(18-21-10-14-24(35-3)15-11-21)20(2)27(32)28-22-8-6-7-9-22/h10-17,20,22H,5-9,18-19H2,1-4H3,(H,28,32)/t20-/m1/s1. The number of carbonyl (C=O) groups excluding carboxylic acids is 2. The average Bonchev–Trinajstić information content (AvgIpc) is 3.39. The van der Waals surface area contributed by atoms with Gasteiger partial charge in [0.05, 0.1) is 25.7 Å². The molecular formula is C27H37N3O6S. The maximum absolute atomic E-state index is 13.6. The number of hydrogen-bond acceptors (Lipinski definition) is 6. The smallest absolute Gasteiger partial charge is 0.244 e. The van der Waals surface area contributed by atoms with Gasteiger partial charge in [-0.1, -0.05) is 25.0 Å². The molecule has 1 saturated carbocycles. The van der Waals surface area contributed by atoms with Gasteiger partial charge < -0.3 is 19.7 Å². The zero-order valence-electron chi connectivity index (χ0n) is 22.0. The molecule has 1 fully saturated rings. The van der Waals surface area contributed by atoms with Gasteiger partial charge in [0.25, 0.3) is 0 Å². The van der Waals surface area contributed by atoms with E-state index in [2.05, 4.69) is 5.32 Å². The molecular weight excluding hydrogens is 494 g/mol. The molecule has 9 nitrogen and oxygen atoms in total. The first-order chi connectivity index (χ1) is 17.6. The monoisotopic (exact) mass is 531 g/mol. The lowest BCUT2D eigenvalue weighted by Gasteiger charge is -2.32. The van der Waals surface area contributed by atoms with Gasteiger partial charge in [-0.2, -0.15) is 0 Å². The molecule has 0 radical (unpaired) electrons. The number of anilines is 1. The average molecular weight is 532 g/mol. The number of nitrogens with one attached hydrogen (secondary N) is 1. The lowest BCUT2D eigenvalue weighted by molar-refractivity contribution is -0.139. The number of carbonyl (C=O) groups is 2. The largest absolute Gasteiger partial charge is 0.497 e. The number of rotatable bonds is 12. The van der Waals surface area contributed by atoms with Crippen molar-refractivity contribution in [3.63, 3.8) is 0 Å². The summed E-state index contributed by atoms with van der Waals surface area (Å²) in [5, 5.41) is 3.05. The van der Waals surface area contributed by atoms with Crippen molar-refractivity contribution in [1.82, 2.24) is 10.2 Å². The highest BCUT2D eigenvalue weighted by molar-refractivity contribution is 7.92. The summed E-state index contributed by atoms with van der Waals surface area (Å²) in [5.41, 5.74) is 1.13. The Morgan fingerprint density at radius 2 is 1.62 bits per heavy atom. The van der Waals surface area contributed by atoms with E-state index in [0.29, 0.717) is 23.8 Å². The summed E-state index contributed by atoms with van der Waals surface area (Å²) >= 11 is 0. The molecule has 0 heterocycles. The van der Waals surface area contributed by atoms with Crippen molar-refractivity contribution in [3.8, 4) is 11.5 Å². The van der Waals surface area contributed by atoms with Crippen LogP contribution in [0.15, 0.2) is 48.5 Å². The molecule has 2 aromatic carbocycles. The normalized spacial score (nSPS) is 14.6. The Hall–Kier alpha value is -3.27. The SMILES string of the molecule is CCOc1ccc(N(CC(=O)N(Cc2ccc(OC)cc2)[C@H](C)C(=O)NC2CCCC2)S(C)(=O)=O)cc1. The minimum Gasteiger partial charge on any atom is -0.497 e. The molecule has 0 saturated heterocycles. The van der Waals surface area contributed by atoms with Gasteiger partial charge in [0.1, 0.15) is 24.1 Å². The van der Waals surface area contributed by atoms with E-state index < -0.39 is 28.5 Å². The van der Waals surface area contributed by atoms with Crippen LogP contribution in [0, 0.1) is 0 Å². The van der Waals surface area contributed by atoms with Crippen LogP contribution in [0.5, 0.6) is 11.5 Å². The van der Waals surface area contributed by atoms with E-state index in [1.54, 1.807) is 50.4 Å². The second-order valence-corrected chi connectivity index (χ2v) is 11.1. The number of nitrogens with zero attached hydrogens (tertiary/aromatic N) is 2. The summed E-state index contributed by atoms with van der Waals surface area (Å²) in [6, 6.07) is 13.0. The fourth-order valence-corrected chi connectivity index (χ4v) is 5.24. The van der Waals surface area contributed by atoms with E-state index in [0.717, 1.165) is 41.8 Å². The molecule has 0 unspecified atom stereocenters. The van der Waals surface area contributed by atoms with Gasteiger partial charge in [-0.15, -0.1) is 0 Å². The molecule has 202 valence electrons. The fourth-order valence-electron chi connectivity index (χ4n) is 4.39. The van der Waals surface area contributed by atoms with Gasteiger partial charge in [0.15, 0.2) is 0 Å². The Kier molecular flexibility index (Phi) is 9.79. The summed E-state index contributed by atoms with van der Waals surface area (Å²) in [4.78, 5) is 28.2. The van der Waals surface area contributed by atoms with E-state index in [9.17, 15) is 18.0 Å². The van der Waals surface area contributed by atoms with Crippen molar-refractivity contribution < 1.29 is 27.5 Å². The van der Waals surface area contributed by atoms with Crippen LogP contribution >= 0.6 is 0 Å². The molecule has 1 aliphatic rings. The fraction of sp³-hybridized carbons (Fsp3) is 0.481. The topological polar surface area (TPSA) is 105 Å². The van der Waals surface area contributed by atoms with Crippen LogP contribution in [-0.4, -0.2) is 63.7 Å². The molecule has 0 aliphatic heterocycles. The molecule has 2 aromatic rings. The highest BCUT2D eigenvalue weighted by Gasteiger charge is 2.31. The molecule has 1 aliphatic carbocycles. The Bertz CT molecular complexity index is 1150. The number of benzene rings is 2. The third kappa shape index (κ3) is 7.85. The number of amides is 2. The summed E-state index contributed by atoms with van der Waals surface area (Å²) in [6.45, 7) is 3.71. The van der Waals surface area contributed by atoms with E-state index in [1.165, 1.54) is 4.90 Å². The van der Waals surface area contributed by atoms with Crippen LogP contribution in [0.4, 0.5) is 5.69 Å². The Morgan fingerprint density at radius 3 is 2.16 bits per heavy atom. The zero-order chi connectivity index (χ0) is 27.0. The van der Waals surface area contributed by atoms with Crippen LogP contribution in [0.25, 0.3) is 0 Å². The molecule has 0 bridgehead atoms. The van der Waals surface area contributed by atoms with Crippen molar-refractivity contribution in [2.45, 2.75) is 58.2 Å². The number of hydrogen-bond donors (Lipinski definition) is 1. The van der Waals surface area contributed by atoms with Gasteiger partial charge in [0, 0.05) is 12.6 Å². The van der Waals surface area contributed by atoms with Gasteiger partial charge in [0.2, 0.25) is 21.8 Å². The van der Waals surface area contributed by atoms with Gasteiger partial charge in [-0.3, -0.25) is 13.9 Å². The lowest BCUT2D eigenvalue weighted by Crippen LogP contribution is -2.52. The zero-order valence-corrected chi connectivity index (χ0v) is 22.8. The quantitative estimate of drug-likeness (QED) is 0.451. The Balaban J connectivity index is 1.86. The van der Waals surface area contributed by atoms with E-state index >= 15 is 0 Å². The van der Waals surface area contributed by atoms with Gasteiger partial charge >= 0.3 is 0 Å². The summed E-state index contributed by atoms with van der Waals surface area (Å²) in [5.74, 6) is 0.543. The van der Waals surface area contributed by atoms with Crippen molar-refractivity contribution in [3.05, 3.63) is 54.1 Å². The third-order valence-corrected chi connectivity index (χ3v) is 7.64. The van der Waals surface area contributed by atoms with Gasteiger partial charge in [-0.25, -0.2) is 8.42 Å². The first-order valence-corrected chi connectivity index (χ1v) is 14.4. The van der Waals surface area contributed by atoms with Crippen LogP contribution in [-0.2, 0) is 26.2 Å². The van der Waals surface area contributed by atoms with E-state index in [-0.39, 0.29) is 18.5 Å². The first kappa shape index (κ1) is 28.3. The highest BCUT2D eigenvalue weighted by Crippen LogP contribution is 2.23. The number of ether oxygens (including phenoxy) is 2. The third-order valence-electron chi connectivity index (χ3n) is 6.50. The molecule has 1 atom stereocenters. The Labute approximate surface area is 219 Å². The summed E-state index contributed by atoms with van der Waals surface area (Å²) in [6.07, 6.45) is 5.04. The first-order valence-electron chi connectivity index (χ1n) is 12.6. The maximum atomic E-state index is 13.6. The van der Waals surface area contributed by atoms with Crippen molar-refractivity contribution >= 4 is 27.5 Å². The molecule has 2 amide bonds. The van der Waals surface area contributed by atoms with E-state index in [4.69, 9.17) is 9.47 Å². The lowest BCUT2D eigenvalue weighted by atomic mass is 10.1. The van der Waals surface area contributed by atoms with Crippen LogP contribution in [0.1, 0.15) is 45.1 Å². The highest BCUT2D eigenvalue weighted by atomic mass is 32.2. The number of sulfonamides is 1. The second-order valence-electron chi connectivity index (χ2n) is 9.23. The van der Waals surface area contributed by atoms with Crippen LogP contribution in [0.2, 0.25) is 0 Å². The van der Waals surface area contributed by atoms with E-state index in [1.807, 2.05) is 19.1 Å².